The molecule has 3 aliphatic rings. The highest BCUT2D eigenvalue weighted by Gasteiger charge is 2.47. The Kier molecular flexibility index (Phi) is 3.99. The Morgan fingerprint density at radius 1 is 1.25 bits per heavy atom. The van der Waals surface area contributed by atoms with E-state index >= 15 is 0 Å². The highest BCUT2D eigenvalue weighted by atomic mass is 16.2. The average molecular weight is 332 g/mol. The van der Waals surface area contributed by atoms with E-state index in [1.807, 2.05) is 4.68 Å². The number of hydrogen-bond donors (Lipinski definition) is 2. The van der Waals surface area contributed by atoms with Gasteiger partial charge in [0.15, 0.2) is 5.69 Å². The molecule has 3 fully saturated rings. The first-order valence-corrected chi connectivity index (χ1v) is 8.88. The van der Waals surface area contributed by atoms with E-state index in [2.05, 4.69) is 20.9 Å². The van der Waals surface area contributed by atoms with Gasteiger partial charge in [-0.2, -0.15) is 0 Å². The SMILES string of the molecule is O=C(c1cn(C2CCNCC2)nn1)N1CC[C@]2(CCCNC2=O)C1. The van der Waals surface area contributed by atoms with Crippen LogP contribution in [0.25, 0.3) is 0 Å². The summed E-state index contributed by atoms with van der Waals surface area (Å²) in [4.78, 5) is 26.8. The van der Waals surface area contributed by atoms with E-state index in [0.29, 0.717) is 24.8 Å². The maximum atomic E-state index is 12.7. The van der Waals surface area contributed by atoms with E-state index in [0.717, 1.165) is 51.7 Å². The van der Waals surface area contributed by atoms with Gasteiger partial charge in [-0.15, -0.1) is 5.10 Å². The molecule has 0 unspecified atom stereocenters. The normalized spacial score (nSPS) is 28.3. The topological polar surface area (TPSA) is 92.2 Å². The van der Waals surface area contributed by atoms with Crippen LogP contribution in [0.3, 0.4) is 0 Å². The third-order valence-electron chi connectivity index (χ3n) is 5.65. The molecule has 1 aromatic heterocycles. The largest absolute Gasteiger partial charge is 0.356 e. The molecule has 0 aromatic carbocycles. The van der Waals surface area contributed by atoms with Gasteiger partial charge in [0.2, 0.25) is 5.91 Å². The van der Waals surface area contributed by atoms with Gasteiger partial charge in [0.05, 0.1) is 17.7 Å². The molecule has 130 valence electrons. The zero-order chi connectivity index (χ0) is 16.6. The predicted molar refractivity (Wildman–Crippen MR) is 86.4 cm³/mol. The highest BCUT2D eigenvalue weighted by molar-refractivity contribution is 5.93. The Hall–Kier alpha value is -1.96. The second-order valence-corrected chi connectivity index (χ2v) is 7.18. The second-order valence-electron chi connectivity index (χ2n) is 7.18. The van der Waals surface area contributed by atoms with Gasteiger partial charge in [-0.1, -0.05) is 5.21 Å². The molecule has 0 bridgehead atoms. The smallest absolute Gasteiger partial charge is 0.276 e. The van der Waals surface area contributed by atoms with Crippen molar-refractivity contribution >= 4 is 11.8 Å². The first-order valence-electron chi connectivity index (χ1n) is 8.88. The lowest BCUT2D eigenvalue weighted by Crippen LogP contribution is -2.47. The van der Waals surface area contributed by atoms with Crippen molar-refractivity contribution in [3.8, 4) is 0 Å². The zero-order valence-electron chi connectivity index (χ0n) is 13.8. The molecule has 1 spiro atoms. The van der Waals surface area contributed by atoms with Crippen LogP contribution in [-0.2, 0) is 4.79 Å². The number of aromatic nitrogens is 3. The van der Waals surface area contributed by atoms with Crippen molar-refractivity contribution in [3.05, 3.63) is 11.9 Å². The van der Waals surface area contributed by atoms with Crippen LogP contribution >= 0.6 is 0 Å². The number of amides is 2. The summed E-state index contributed by atoms with van der Waals surface area (Å²) >= 11 is 0. The average Bonchev–Trinajstić information content (AvgIpc) is 3.26. The summed E-state index contributed by atoms with van der Waals surface area (Å²) in [6.45, 7) is 3.80. The lowest BCUT2D eigenvalue weighted by molar-refractivity contribution is -0.132. The third-order valence-corrected chi connectivity index (χ3v) is 5.65. The number of hydrogen-bond acceptors (Lipinski definition) is 5. The fraction of sp³-hybridized carbons (Fsp3) is 0.750. The molecule has 1 aromatic rings. The van der Waals surface area contributed by atoms with Crippen LogP contribution < -0.4 is 10.6 Å². The summed E-state index contributed by atoms with van der Waals surface area (Å²) in [5, 5.41) is 14.5. The minimum atomic E-state index is -0.390. The molecule has 3 saturated heterocycles. The summed E-state index contributed by atoms with van der Waals surface area (Å²) in [6, 6.07) is 0.314. The van der Waals surface area contributed by atoms with E-state index < -0.39 is 0 Å². The fourth-order valence-electron chi connectivity index (χ4n) is 4.15. The van der Waals surface area contributed by atoms with E-state index in [9.17, 15) is 9.59 Å². The van der Waals surface area contributed by atoms with E-state index in [1.165, 1.54) is 0 Å². The van der Waals surface area contributed by atoms with Gasteiger partial charge < -0.3 is 15.5 Å². The predicted octanol–water partition coefficient (Wildman–Crippen LogP) is -0.0551. The van der Waals surface area contributed by atoms with Crippen molar-refractivity contribution in [3.63, 3.8) is 0 Å². The highest BCUT2D eigenvalue weighted by Crippen LogP contribution is 2.37. The van der Waals surface area contributed by atoms with Crippen molar-refractivity contribution < 1.29 is 9.59 Å². The van der Waals surface area contributed by atoms with Crippen LogP contribution in [0.2, 0.25) is 0 Å². The standard InChI is InChI=1S/C16H24N6O2/c23-14(13-10-22(20-19-13)12-2-7-17-8-3-12)21-9-5-16(11-21)4-1-6-18-15(16)24/h10,12,17H,1-9,11H2,(H,18,24)/t16-/m1/s1. The molecule has 1 atom stereocenters. The van der Waals surface area contributed by atoms with Gasteiger partial charge in [-0.05, 0) is 45.2 Å². The lowest BCUT2D eigenvalue weighted by Gasteiger charge is -2.31. The van der Waals surface area contributed by atoms with Crippen LogP contribution in [0, 0.1) is 5.41 Å². The van der Waals surface area contributed by atoms with Crippen LogP contribution in [0.4, 0.5) is 0 Å². The molecule has 8 heteroatoms. The van der Waals surface area contributed by atoms with E-state index in [1.54, 1.807) is 11.1 Å². The summed E-state index contributed by atoms with van der Waals surface area (Å²) in [6.07, 6.45) is 6.37. The monoisotopic (exact) mass is 332 g/mol. The molecule has 8 nitrogen and oxygen atoms in total. The molecule has 0 radical (unpaired) electrons. The maximum Gasteiger partial charge on any atom is 0.276 e. The number of likely N-dealkylation sites (tertiary alicyclic amines) is 1. The Morgan fingerprint density at radius 3 is 2.88 bits per heavy atom. The number of piperidine rings is 2. The minimum Gasteiger partial charge on any atom is -0.356 e. The van der Waals surface area contributed by atoms with Gasteiger partial charge in [0.25, 0.3) is 5.91 Å². The maximum absolute atomic E-state index is 12.7. The number of carbonyl (C=O) groups is 2. The van der Waals surface area contributed by atoms with Gasteiger partial charge in [-0.3, -0.25) is 9.59 Å². The molecule has 2 amide bonds. The molecule has 3 aliphatic heterocycles. The zero-order valence-corrected chi connectivity index (χ0v) is 13.8. The van der Waals surface area contributed by atoms with Crippen molar-refractivity contribution in [2.75, 3.05) is 32.7 Å². The Bertz CT molecular complexity index is 638. The van der Waals surface area contributed by atoms with E-state index in [4.69, 9.17) is 0 Å². The minimum absolute atomic E-state index is 0.0995. The Morgan fingerprint density at radius 2 is 2.08 bits per heavy atom. The molecule has 4 heterocycles. The lowest BCUT2D eigenvalue weighted by atomic mass is 9.79. The Labute approximate surface area is 141 Å². The number of rotatable bonds is 2. The number of carbonyl (C=O) groups excluding carboxylic acids is 2. The van der Waals surface area contributed by atoms with Gasteiger partial charge in [0.1, 0.15) is 0 Å². The Balaban J connectivity index is 1.45. The van der Waals surface area contributed by atoms with Gasteiger partial charge in [-0.25, -0.2) is 4.68 Å². The number of nitrogens with one attached hydrogen (secondary N) is 2. The molecule has 24 heavy (non-hydrogen) atoms. The molecule has 0 saturated carbocycles. The van der Waals surface area contributed by atoms with Crippen molar-refractivity contribution in [1.82, 2.24) is 30.5 Å². The summed E-state index contributed by atoms with van der Waals surface area (Å²) < 4.78 is 1.83. The first-order chi connectivity index (χ1) is 11.7. The molecule has 4 rings (SSSR count). The van der Waals surface area contributed by atoms with Crippen LogP contribution in [0.5, 0.6) is 0 Å². The second kappa shape index (κ2) is 6.16. The van der Waals surface area contributed by atoms with Gasteiger partial charge >= 0.3 is 0 Å². The van der Waals surface area contributed by atoms with Crippen LogP contribution in [0.15, 0.2) is 6.20 Å². The van der Waals surface area contributed by atoms with Crippen LogP contribution in [0.1, 0.15) is 48.6 Å². The van der Waals surface area contributed by atoms with Crippen molar-refractivity contribution in [2.24, 2.45) is 5.41 Å². The molecule has 0 aliphatic carbocycles. The quantitative estimate of drug-likeness (QED) is 0.792. The number of nitrogens with zero attached hydrogens (tertiary/aromatic N) is 4. The summed E-state index contributed by atoms with van der Waals surface area (Å²) in [5.74, 6) is -0.00663. The molecule has 2 N–H and O–H groups in total. The van der Waals surface area contributed by atoms with Gasteiger partial charge in [0, 0.05) is 19.6 Å². The third kappa shape index (κ3) is 2.68. The fourth-order valence-corrected chi connectivity index (χ4v) is 4.15. The van der Waals surface area contributed by atoms with Crippen LogP contribution in [-0.4, -0.2) is 64.4 Å². The van der Waals surface area contributed by atoms with Crippen molar-refractivity contribution in [1.29, 1.82) is 0 Å². The van der Waals surface area contributed by atoms with E-state index in [-0.39, 0.29) is 17.2 Å². The van der Waals surface area contributed by atoms with Crippen molar-refractivity contribution in [2.45, 2.75) is 38.1 Å². The first kappa shape index (κ1) is 15.6. The summed E-state index contributed by atoms with van der Waals surface area (Å²) in [7, 11) is 0. The molecular formula is C16H24N6O2. The molecular weight excluding hydrogens is 308 g/mol. The summed E-state index contributed by atoms with van der Waals surface area (Å²) in [5.41, 5.74) is 0.000619.